The van der Waals surface area contributed by atoms with Crippen molar-refractivity contribution in [3.63, 3.8) is 0 Å². The van der Waals surface area contributed by atoms with Gasteiger partial charge < -0.3 is 14.8 Å². The maximum absolute atomic E-state index is 13.8. The van der Waals surface area contributed by atoms with E-state index in [1.54, 1.807) is 30.5 Å². The number of benzene rings is 2. The lowest BCUT2D eigenvalue weighted by atomic mass is 10.00. The molecule has 0 aliphatic rings. The third-order valence-electron chi connectivity index (χ3n) is 5.74. The maximum atomic E-state index is 13.8. The SMILES string of the molecule is CCc1cc(-c2cccc(C(=O)CC(=O)Nc3cc(C(F)(F)F)c(OCC(F)(F)F)cc3NC(=O)OC(C)(C)C)c2)ccn1. The summed E-state index contributed by atoms with van der Waals surface area (Å²) in [7, 11) is 0. The molecule has 236 valence electrons. The molecular formula is C30H29F6N3O5. The molecule has 44 heavy (non-hydrogen) atoms. The van der Waals surface area contributed by atoms with E-state index in [4.69, 9.17) is 4.74 Å². The number of carbonyl (C=O) groups is 3. The monoisotopic (exact) mass is 625 g/mol. The Morgan fingerprint density at radius 3 is 2.14 bits per heavy atom. The van der Waals surface area contributed by atoms with Crippen molar-refractivity contribution in [2.75, 3.05) is 17.2 Å². The molecule has 0 radical (unpaired) electrons. The van der Waals surface area contributed by atoms with Gasteiger partial charge in [-0.2, -0.15) is 26.3 Å². The Morgan fingerprint density at radius 2 is 1.52 bits per heavy atom. The zero-order chi connectivity index (χ0) is 32.9. The number of Topliss-reactive ketones (excluding diaryl/α,β-unsaturated/α-hetero) is 1. The number of amides is 2. The van der Waals surface area contributed by atoms with Gasteiger partial charge in [-0.05, 0) is 62.6 Å². The van der Waals surface area contributed by atoms with Crippen molar-refractivity contribution in [1.82, 2.24) is 4.98 Å². The molecule has 3 aromatic rings. The summed E-state index contributed by atoms with van der Waals surface area (Å²) in [6.45, 7) is 4.37. The van der Waals surface area contributed by atoms with E-state index < -0.39 is 71.5 Å². The molecule has 2 aromatic carbocycles. The molecule has 1 heterocycles. The van der Waals surface area contributed by atoms with Crippen LogP contribution in [0.5, 0.6) is 5.75 Å². The van der Waals surface area contributed by atoms with Crippen LogP contribution in [0.4, 0.5) is 42.5 Å². The van der Waals surface area contributed by atoms with Gasteiger partial charge in [0.2, 0.25) is 5.91 Å². The highest BCUT2D eigenvalue weighted by Gasteiger charge is 2.38. The van der Waals surface area contributed by atoms with Crippen molar-refractivity contribution in [1.29, 1.82) is 0 Å². The number of aromatic nitrogens is 1. The van der Waals surface area contributed by atoms with Crippen LogP contribution in [-0.2, 0) is 22.1 Å². The van der Waals surface area contributed by atoms with Gasteiger partial charge >= 0.3 is 18.4 Å². The van der Waals surface area contributed by atoms with E-state index in [0.29, 0.717) is 24.1 Å². The fourth-order valence-corrected chi connectivity index (χ4v) is 3.87. The molecule has 1 aromatic heterocycles. The molecule has 0 atom stereocenters. The van der Waals surface area contributed by atoms with Crippen LogP contribution in [0.1, 0.15) is 55.7 Å². The molecule has 0 saturated heterocycles. The van der Waals surface area contributed by atoms with Crippen molar-refractivity contribution in [3.8, 4) is 16.9 Å². The summed E-state index contributed by atoms with van der Waals surface area (Å²) in [5, 5.41) is 4.25. The van der Waals surface area contributed by atoms with E-state index in [2.05, 4.69) is 20.4 Å². The number of nitrogens with one attached hydrogen (secondary N) is 2. The minimum Gasteiger partial charge on any atom is -0.483 e. The molecule has 14 heteroatoms. The summed E-state index contributed by atoms with van der Waals surface area (Å²) in [4.78, 5) is 42.4. The molecule has 2 N–H and O–H groups in total. The lowest BCUT2D eigenvalue weighted by molar-refractivity contribution is -0.158. The predicted molar refractivity (Wildman–Crippen MR) is 149 cm³/mol. The first-order valence-corrected chi connectivity index (χ1v) is 13.2. The number of nitrogens with zero attached hydrogens (tertiary/aromatic N) is 1. The van der Waals surface area contributed by atoms with E-state index in [1.165, 1.54) is 26.8 Å². The normalized spacial score (nSPS) is 12.0. The molecule has 0 aliphatic carbocycles. The molecule has 0 fully saturated rings. The number of aryl methyl sites for hydroxylation is 1. The number of halogens is 6. The molecule has 0 saturated carbocycles. The van der Waals surface area contributed by atoms with Gasteiger partial charge in [0, 0.05) is 23.5 Å². The van der Waals surface area contributed by atoms with Gasteiger partial charge in [-0.1, -0.05) is 25.1 Å². The Kier molecular flexibility index (Phi) is 10.3. The summed E-state index contributed by atoms with van der Waals surface area (Å²) in [6.07, 6.45) is -9.87. The topological polar surface area (TPSA) is 107 Å². The number of hydrogen-bond donors (Lipinski definition) is 2. The fraction of sp³-hybridized carbons (Fsp3) is 0.333. The van der Waals surface area contributed by atoms with Gasteiger partial charge in [-0.25, -0.2) is 4.79 Å². The summed E-state index contributed by atoms with van der Waals surface area (Å²) >= 11 is 0. The summed E-state index contributed by atoms with van der Waals surface area (Å²) < 4.78 is 89.1. The first kappa shape index (κ1) is 33.9. The second-order valence-corrected chi connectivity index (χ2v) is 10.5. The van der Waals surface area contributed by atoms with Crippen LogP contribution >= 0.6 is 0 Å². The molecule has 2 amide bonds. The molecule has 0 unspecified atom stereocenters. The highest BCUT2D eigenvalue weighted by atomic mass is 19.4. The van der Waals surface area contributed by atoms with Crippen molar-refractivity contribution < 1.29 is 50.2 Å². The number of anilines is 2. The zero-order valence-corrected chi connectivity index (χ0v) is 24.1. The van der Waals surface area contributed by atoms with E-state index in [9.17, 15) is 40.7 Å². The van der Waals surface area contributed by atoms with Crippen molar-refractivity contribution in [3.05, 3.63) is 71.5 Å². The number of hydrogen-bond acceptors (Lipinski definition) is 6. The average Bonchev–Trinajstić information content (AvgIpc) is 2.90. The summed E-state index contributed by atoms with van der Waals surface area (Å²) in [6, 6.07) is 10.7. The number of rotatable bonds is 9. The van der Waals surface area contributed by atoms with Crippen LogP contribution in [0, 0.1) is 0 Å². The van der Waals surface area contributed by atoms with Gasteiger partial charge in [0.05, 0.1) is 23.4 Å². The predicted octanol–water partition coefficient (Wildman–Crippen LogP) is 7.83. The van der Waals surface area contributed by atoms with Crippen LogP contribution in [0.3, 0.4) is 0 Å². The van der Waals surface area contributed by atoms with E-state index in [1.807, 2.05) is 13.0 Å². The van der Waals surface area contributed by atoms with Crippen molar-refractivity contribution in [2.24, 2.45) is 0 Å². The van der Waals surface area contributed by atoms with Crippen LogP contribution < -0.4 is 15.4 Å². The molecule has 8 nitrogen and oxygen atoms in total. The average molecular weight is 626 g/mol. The van der Waals surface area contributed by atoms with Gasteiger partial charge in [-0.3, -0.25) is 19.9 Å². The Morgan fingerprint density at radius 1 is 0.864 bits per heavy atom. The van der Waals surface area contributed by atoms with E-state index in [0.717, 1.165) is 11.3 Å². The molecule has 0 aliphatic heterocycles. The number of carbonyl (C=O) groups excluding carboxylic acids is 3. The molecule has 0 bridgehead atoms. The highest BCUT2D eigenvalue weighted by Crippen LogP contribution is 2.42. The van der Waals surface area contributed by atoms with Gasteiger partial charge in [-0.15, -0.1) is 0 Å². The van der Waals surface area contributed by atoms with E-state index in [-0.39, 0.29) is 5.56 Å². The van der Waals surface area contributed by atoms with Crippen molar-refractivity contribution >= 4 is 29.2 Å². The van der Waals surface area contributed by atoms with Crippen LogP contribution in [-0.4, -0.2) is 41.2 Å². The highest BCUT2D eigenvalue weighted by molar-refractivity contribution is 6.12. The minimum absolute atomic E-state index is 0.145. The molecular weight excluding hydrogens is 596 g/mol. The Balaban J connectivity index is 1.91. The fourth-order valence-electron chi connectivity index (χ4n) is 3.87. The lowest BCUT2D eigenvalue weighted by Gasteiger charge is -2.22. The van der Waals surface area contributed by atoms with Crippen LogP contribution in [0.15, 0.2) is 54.7 Å². The Hall–Kier alpha value is -4.62. The first-order valence-electron chi connectivity index (χ1n) is 13.2. The number of pyridine rings is 1. The second kappa shape index (κ2) is 13.3. The lowest BCUT2D eigenvalue weighted by Crippen LogP contribution is -2.28. The van der Waals surface area contributed by atoms with Gasteiger partial charge in [0.25, 0.3) is 0 Å². The zero-order valence-electron chi connectivity index (χ0n) is 24.1. The maximum Gasteiger partial charge on any atom is 0.422 e. The van der Waals surface area contributed by atoms with Crippen LogP contribution in [0.2, 0.25) is 0 Å². The molecule has 3 rings (SSSR count). The standard InChI is InChI=1S/C30H29F6N3O5/c1-5-20-12-18(9-10-37-20)17-7-6-8-19(11-17)24(40)15-26(41)38-22-13-21(30(34,35)36)25(43-16-29(31,32)33)14-23(22)39-27(42)44-28(2,3)4/h6-14H,5,15-16H2,1-4H3,(H,38,41)(H,39,42). The smallest absolute Gasteiger partial charge is 0.422 e. The second-order valence-electron chi connectivity index (χ2n) is 10.5. The number of ketones is 1. The Labute approximate surface area is 248 Å². The van der Waals surface area contributed by atoms with E-state index >= 15 is 0 Å². The van der Waals surface area contributed by atoms with Gasteiger partial charge in [0.15, 0.2) is 12.4 Å². The summed E-state index contributed by atoms with van der Waals surface area (Å²) in [5.41, 5.74) is -1.51. The number of alkyl halides is 6. The van der Waals surface area contributed by atoms with Gasteiger partial charge in [0.1, 0.15) is 11.4 Å². The third-order valence-corrected chi connectivity index (χ3v) is 5.74. The largest absolute Gasteiger partial charge is 0.483 e. The first-order chi connectivity index (χ1) is 20.3. The minimum atomic E-state index is -5.22. The van der Waals surface area contributed by atoms with Crippen LogP contribution in [0.25, 0.3) is 11.1 Å². The summed E-state index contributed by atoms with van der Waals surface area (Å²) in [5.74, 6) is -2.98. The number of ether oxygens (including phenoxy) is 2. The Bertz CT molecular complexity index is 1530. The quantitative estimate of drug-likeness (QED) is 0.143. The third kappa shape index (κ3) is 9.99. The molecule has 0 spiro atoms. The van der Waals surface area contributed by atoms with Crippen molar-refractivity contribution in [2.45, 2.75) is 58.5 Å².